The molecule has 0 unspecified atom stereocenters. The highest BCUT2D eigenvalue weighted by molar-refractivity contribution is 5.11. The van der Waals surface area contributed by atoms with Crippen LogP contribution in [0.3, 0.4) is 0 Å². The predicted molar refractivity (Wildman–Crippen MR) is 58.7 cm³/mol. The van der Waals surface area contributed by atoms with E-state index in [0.717, 1.165) is 24.5 Å². The van der Waals surface area contributed by atoms with Gasteiger partial charge in [0.1, 0.15) is 5.82 Å². The van der Waals surface area contributed by atoms with Crippen molar-refractivity contribution in [2.45, 2.75) is 26.8 Å². The first kappa shape index (κ1) is 9.96. The summed E-state index contributed by atoms with van der Waals surface area (Å²) in [5.74, 6) is 1.04. The molecule has 4 heteroatoms. The fourth-order valence-corrected chi connectivity index (χ4v) is 1.64. The van der Waals surface area contributed by atoms with E-state index in [1.165, 1.54) is 5.69 Å². The van der Waals surface area contributed by atoms with Crippen molar-refractivity contribution in [3.63, 3.8) is 0 Å². The van der Waals surface area contributed by atoms with E-state index in [9.17, 15) is 0 Å². The Hall–Kier alpha value is -1.58. The monoisotopic (exact) mass is 204 g/mol. The van der Waals surface area contributed by atoms with Gasteiger partial charge in [0.15, 0.2) is 0 Å². The van der Waals surface area contributed by atoms with E-state index in [4.69, 9.17) is 0 Å². The second-order valence-electron chi connectivity index (χ2n) is 3.71. The molecule has 0 saturated carbocycles. The van der Waals surface area contributed by atoms with E-state index in [-0.39, 0.29) is 0 Å². The molecule has 15 heavy (non-hydrogen) atoms. The molecule has 80 valence electrons. The van der Waals surface area contributed by atoms with Crippen molar-refractivity contribution in [3.05, 3.63) is 35.7 Å². The molecule has 2 aromatic rings. The summed E-state index contributed by atoms with van der Waals surface area (Å²) in [6.07, 6.45) is 4.80. The first-order chi connectivity index (χ1) is 7.20. The maximum absolute atomic E-state index is 4.42. The minimum absolute atomic E-state index is 0.843. The second-order valence-corrected chi connectivity index (χ2v) is 3.71. The summed E-state index contributed by atoms with van der Waals surface area (Å²) in [5, 5.41) is 4.42. The highest BCUT2D eigenvalue weighted by atomic mass is 15.3. The van der Waals surface area contributed by atoms with Gasteiger partial charge in [-0.2, -0.15) is 5.10 Å². The van der Waals surface area contributed by atoms with E-state index in [0.29, 0.717) is 0 Å². The number of hydrogen-bond acceptors (Lipinski definition) is 2. The minimum Gasteiger partial charge on any atom is -0.329 e. The molecule has 0 aliphatic rings. The molecule has 0 spiro atoms. The zero-order valence-corrected chi connectivity index (χ0v) is 9.44. The van der Waals surface area contributed by atoms with Crippen molar-refractivity contribution in [1.82, 2.24) is 19.3 Å². The van der Waals surface area contributed by atoms with Crippen LogP contribution in [0.5, 0.6) is 0 Å². The fraction of sp³-hybridized carbons (Fsp3) is 0.455. The Balaban J connectivity index is 2.24. The largest absolute Gasteiger partial charge is 0.329 e. The van der Waals surface area contributed by atoms with Crippen LogP contribution in [-0.2, 0) is 20.0 Å². The van der Waals surface area contributed by atoms with Gasteiger partial charge in [-0.25, -0.2) is 4.98 Å². The average Bonchev–Trinajstić information content (AvgIpc) is 2.76. The molecule has 2 rings (SSSR count). The first-order valence-electron chi connectivity index (χ1n) is 5.20. The van der Waals surface area contributed by atoms with Gasteiger partial charge >= 0.3 is 0 Å². The summed E-state index contributed by atoms with van der Waals surface area (Å²) in [5.41, 5.74) is 2.36. The molecule has 0 radical (unpaired) electrons. The quantitative estimate of drug-likeness (QED) is 0.760. The molecule has 0 saturated heterocycles. The lowest BCUT2D eigenvalue weighted by Gasteiger charge is -2.04. The first-order valence-corrected chi connectivity index (χ1v) is 5.20. The average molecular weight is 204 g/mol. The lowest BCUT2D eigenvalue weighted by Crippen LogP contribution is -2.06. The van der Waals surface area contributed by atoms with Gasteiger partial charge in [-0.1, -0.05) is 6.92 Å². The molecule has 2 aromatic heterocycles. The molecule has 0 N–H and O–H groups in total. The Morgan fingerprint density at radius 1 is 1.40 bits per heavy atom. The number of hydrogen-bond donors (Lipinski definition) is 0. The summed E-state index contributed by atoms with van der Waals surface area (Å²) in [6.45, 7) is 4.97. The van der Waals surface area contributed by atoms with E-state index >= 15 is 0 Å². The molecular formula is C11H16N4. The molecule has 0 bridgehead atoms. The van der Waals surface area contributed by atoms with Crippen molar-refractivity contribution in [3.8, 4) is 0 Å². The van der Waals surface area contributed by atoms with Gasteiger partial charge in [0.2, 0.25) is 0 Å². The Morgan fingerprint density at radius 3 is 2.73 bits per heavy atom. The zero-order chi connectivity index (χ0) is 10.8. The summed E-state index contributed by atoms with van der Waals surface area (Å²) in [4.78, 5) is 4.20. The molecule has 2 heterocycles. The van der Waals surface area contributed by atoms with Crippen molar-refractivity contribution in [2.24, 2.45) is 7.05 Å². The summed E-state index contributed by atoms with van der Waals surface area (Å²) < 4.78 is 4.06. The fourth-order valence-electron chi connectivity index (χ4n) is 1.64. The van der Waals surface area contributed by atoms with Crippen LogP contribution >= 0.6 is 0 Å². The van der Waals surface area contributed by atoms with Gasteiger partial charge in [-0.3, -0.25) is 4.68 Å². The molecule has 0 fully saturated rings. The highest BCUT2D eigenvalue weighted by Crippen LogP contribution is 2.07. The smallest absolute Gasteiger partial charge is 0.105 e. The van der Waals surface area contributed by atoms with Gasteiger partial charge < -0.3 is 4.57 Å². The molecule has 0 amide bonds. The maximum atomic E-state index is 4.42. The third-order valence-corrected chi connectivity index (χ3v) is 2.65. The molecule has 0 aliphatic carbocycles. The van der Waals surface area contributed by atoms with E-state index < -0.39 is 0 Å². The second kappa shape index (κ2) is 3.88. The topological polar surface area (TPSA) is 35.6 Å². The van der Waals surface area contributed by atoms with Crippen molar-refractivity contribution < 1.29 is 0 Å². The lowest BCUT2D eigenvalue weighted by molar-refractivity contribution is 0.651. The van der Waals surface area contributed by atoms with Crippen LogP contribution in [0, 0.1) is 6.92 Å². The summed E-state index contributed by atoms with van der Waals surface area (Å²) >= 11 is 0. The molecule has 0 atom stereocenters. The Kier molecular flexibility index (Phi) is 2.58. The highest BCUT2D eigenvalue weighted by Gasteiger charge is 2.05. The zero-order valence-electron chi connectivity index (χ0n) is 9.44. The number of nitrogens with zero attached hydrogens (tertiary/aromatic N) is 4. The van der Waals surface area contributed by atoms with E-state index in [2.05, 4.69) is 27.6 Å². The number of aromatic nitrogens is 4. The van der Waals surface area contributed by atoms with Crippen LogP contribution in [0.25, 0.3) is 0 Å². The molecule has 0 aromatic carbocycles. The van der Waals surface area contributed by atoms with Gasteiger partial charge in [-0.15, -0.1) is 0 Å². The normalized spacial score (nSPS) is 10.9. The van der Waals surface area contributed by atoms with E-state index in [1.54, 1.807) is 0 Å². The van der Waals surface area contributed by atoms with Crippen LogP contribution in [-0.4, -0.2) is 19.3 Å². The van der Waals surface area contributed by atoms with Gasteiger partial charge in [0.05, 0.1) is 17.9 Å². The molecular weight excluding hydrogens is 188 g/mol. The number of rotatable bonds is 3. The van der Waals surface area contributed by atoms with Crippen molar-refractivity contribution >= 4 is 0 Å². The number of imidazole rings is 1. The third kappa shape index (κ3) is 1.93. The van der Waals surface area contributed by atoms with Crippen molar-refractivity contribution in [1.29, 1.82) is 0 Å². The van der Waals surface area contributed by atoms with E-state index in [1.807, 2.05) is 31.0 Å². The van der Waals surface area contributed by atoms with Gasteiger partial charge in [0.25, 0.3) is 0 Å². The lowest BCUT2D eigenvalue weighted by atomic mass is 10.3. The number of aryl methyl sites for hydroxylation is 3. The van der Waals surface area contributed by atoms with Crippen LogP contribution in [0.4, 0.5) is 0 Å². The van der Waals surface area contributed by atoms with Crippen LogP contribution in [0.2, 0.25) is 0 Å². The Labute approximate surface area is 89.6 Å². The standard InChI is InChI=1S/C11H16N4/c1-4-10-7-11(14(3)13-10)8-15-6-5-12-9(15)2/h5-7H,4,8H2,1-3H3. The van der Waals surface area contributed by atoms with Crippen LogP contribution in [0.1, 0.15) is 24.1 Å². The van der Waals surface area contributed by atoms with Gasteiger partial charge in [0, 0.05) is 19.4 Å². The SMILES string of the molecule is CCc1cc(Cn2ccnc2C)n(C)n1. The molecule has 0 aliphatic heterocycles. The van der Waals surface area contributed by atoms with Gasteiger partial charge in [-0.05, 0) is 19.4 Å². The third-order valence-electron chi connectivity index (χ3n) is 2.65. The summed E-state index contributed by atoms with van der Waals surface area (Å²) in [7, 11) is 1.99. The molecule has 4 nitrogen and oxygen atoms in total. The van der Waals surface area contributed by atoms with Crippen LogP contribution < -0.4 is 0 Å². The van der Waals surface area contributed by atoms with Crippen molar-refractivity contribution in [2.75, 3.05) is 0 Å². The summed E-state index contributed by atoms with van der Waals surface area (Å²) in [6, 6.07) is 2.15. The predicted octanol–water partition coefficient (Wildman–Crippen LogP) is 1.54. The minimum atomic E-state index is 0.843. The van der Waals surface area contributed by atoms with Crippen LogP contribution in [0.15, 0.2) is 18.5 Å². The maximum Gasteiger partial charge on any atom is 0.105 e. The Morgan fingerprint density at radius 2 is 2.20 bits per heavy atom. The Bertz CT molecular complexity index is 453.